The number of nitrogens with zero attached hydrogens (tertiary/aromatic N) is 2. The lowest BCUT2D eigenvalue weighted by Gasteiger charge is -1.94. The fourth-order valence-corrected chi connectivity index (χ4v) is 0.834. The van der Waals surface area contributed by atoms with Crippen LogP contribution < -0.4 is 0 Å². The van der Waals surface area contributed by atoms with E-state index in [0.717, 1.165) is 5.56 Å². The van der Waals surface area contributed by atoms with Gasteiger partial charge in [0.25, 0.3) is 0 Å². The monoisotopic (exact) mass is 168 g/mol. The molecular weight excluding hydrogens is 164 g/mol. The third kappa shape index (κ3) is 2.15. The van der Waals surface area contributed by atoms with Crippen LogP contribution in [0, 0.1) is 0 Å². The summed E-state index contributed by atoms with van der Waals surface area (Å²) in [6.07, 6.45) is 3.01. The second kappa shape index (κ2) is 3.86. The fourth-order valence-electron chi connectivity index (χ4n) is 0.655. The quantitative estimate of drug-likeness (QED) is 0.382. The molecule has 0 spiro atoms. The Kier molecular flexibility index (Phi) is 2.78. The number of hydrogen-bond acceptors (Lipinski definition) is 3. The number of carbonyl (C=O) groups excluding carboxylic acids is 1. The van der Waals surface area contributed by atoms with E-state index in [-0.39, 0.29) is 6.54 Å². The van der Waals surface area contributed by atoms with Crippen LogP contribution in [0.15, 0.2) is 23.3 Å². The minimum Gasteiger partial charge on any atom is -0.244 e. The van der Waals surface area contributed by atoms with Crippen LogP contribution in [-0.2, 0) is 11.3 Å². The van der Waals surface area contributed by atoms with Crippen LogP contribution in [0.3, 0.4) is 0 Å². The maximum atomic E-state index is 9.73. The Morgan fingerprint density at radius 2 is 2.55 bits per heavy atom. The summed E-state index contributed by atoms with van der Waals surface area (Å²) in [7, 11) is 0. The van der Waals surface area contributed by atoms with Gasteiger partial charge in [0.1, 0.15) is 5.15 Å². The first kappa shape index (κ1) is 7.92. The van der Waals surface area contributed by atoms with Gasteiger partial charge in [-0.05, 0) is 6.07 Å². The predicted molar refractivity (Wildman–Crippen MR) is 41.1 cm³/mol. The molecule has 0 aliphatic heterocycles. The van der Waals surface area contributed by atoms with E-state index in [1.807, 2.05) is 0 Å². The Morgan fingerprint density at radius 3 is 3.18 bits per heavy atom. The second-order valence-electron chi connectivity index (χ2n) is 1.86. The molecule has 1 aromatic heterocycles. The van der Waals surface area contributed by atoms with Crippen LogP contribution in [0.1, 0.15) is 5.56 Å². The van der Waals surface area contributed by atoms with Crippen LogP contribution in [-0.4, -0.2) is 11.1 Å². The van der Waals surface area contributed by atoms with Crippen LogP contribution in [0.5, 0.6) is 0 Å². The molecular formula is C7H5ClN2O. The molecule has 0 radical (unpaired) electrons. The molecule has 0 saturated heterocycles. The average molecular weight is 169 g/mol. The van der Waals surface area contributed by atoms with Crippen LogP contribution >= 0.6 is 11.6 Å². The summed E-state index contributed by atoms with van der Waals surface area (Å²) in [5.74, 6) is 0. The fraction of sp³-hybridized carbons (Fsp3) is 0.143. The largest absolute Gasteiger partial charge is 0.244 e. The van der Waals surface area contributed by atoms with Crippen molar-refractivity contribution >= 4 is 17.7 Å². The lowest BCUT2D eigenvalue weighted by atomic mass is 10.3. The van der Waals surface area contributed by atoms with Gasteiger partial charge >= 0.3 is 0 Å². The Balaban J connectivity index is 2.85. The van der Waals surface area contributed by atoms with E-state index in [9.17, 15) is 4.79 Å². The zero-order valence-corrected chi connectivity index (χ0v) is 6.38. The van der Waals surface area contributed by atoms with Gasteiger partial charge in [-0.2, -0.15) is 0 Å². The average Bonchev–Trinajstić information content (AvgIpc) is 2.03. The second-order valence-corrected chi connectivity index (χ2v) is 2.22. The molecule has 0 bridgehead atoms. The lowest BCUT2D eigenvalue weighted by Crippen LogP contribution is -1.84. The van der Waals surface area contributed by atoms with Crippen molar-refractivity contribution in [3.8, 4) is 0 Å². The zero-order valence-electron chi connectivity index (χ0n) is 5.62. The van der Waals surface area contributed by atoms with E-state index in [2.05, 4.69) is 9.98 Å². The summed E-state index contributed by atoms with van der Waals surface area (Å²) in [5, 5.41) is 0.381. The molecule has 0 fully saturated rings. The molecule has 11 heavy (non-hydrogen) atoms. The molecule has 0 aromatic carbocycles. The first-order valence-corrected chi connectivity index (χ1v) is 3.35. The Hall–Kier alpha value is -1.18. The highest BCUT2D eigenvalue weighted by Crippen LogP contribution is 2.11. The van der Waals surface area contributed by atoms with Gasteiger partial charge in [-0.1, -0.05) is 17.7 Å². The number of halogens is 1. The Morgan fingerprint density at radius 1 is 1.73 bits per heavy atom. The van der Waals surface area contributed by atoms with Gasteiger partial charge in [0.05, 0.1) is 6.54 Å². The van der Waals surface area contributed by atoms with Crippen LogP contribution in [0.2, 0.25) is 5.15 Å². The summed E-state index contributed by atoms with van der Waals surface area (Å²) in [6, 6.07) is 3.50. The van der Waals surface area contributed by atoms with Gasteiger partial charge in [-0.3, -0.25) is 0 Å². The van der Waals surface area contributed by atoms with Crippen molar-refractivity contribution in [2.75, 3.05) is 0 Å². The minimum absolute atomic E-state index is 0.246. The molecule has 1 aromatic rings. The van der Waals surface area contributed by atoms with Crippen LogP contribution in [0.25, 0.3) is 0 Å². The molecule has 0 amide bonds. The minimum atomic E-state index is 0.246. The first-order valence-electron chi connectivity index (χ1n) is 2.97. The predicted octanol–water partition coefficient (Wildman–Crippen LogP) is 1.57. The maximum Gasteiger partial charge on any atom is 0.235 e. The van der Waals surface area contributed by atoms with Gasteiger partial charge < -0.3 is 0 Å². The molecule has 0 N–H and O–H groups in total. The van der Waals surface area contributed by atoms with Gasteiger partial charge in [0, 0.05) is 11.8 Å². The molecule has 0 unspecified atom stereocenters. The number of isocyanates is 1. The molecule has 0 saturated carbocycles. The molecule has 3 nitrogen and oxygen atoms in total. The first-order chi connectivity index (χ1) is 5.34. The Bertz CT molecular complexity index is 294. The highest BCUT2D eigenvalue weighted by Gasteiger charge is 1.96. The Labute approximate surface area is 68.7 Å². The summed E-state index contributed by atoms with van der Waals surface area (Å²) in [6.45, 7) is 0.246. The van der Waals surface area contributed by atoms with Crippen molar-refractivity contribution in [3.05, 3.63) is 29.0 Å². The van der Waals surface area contributed by atoms with Crippen molar-refractivity contribution in [2.24, 2.45) is 4.99 Å². The normalized spacial score (nSPS) is 8.82. The third-order valence-corrected chi connectivity index (χ3v) is 1.49. The van der Waals surface area contributed by atoms with Gasteiger partial charge in [0.15, 0.2) is 0 Å². The molecule has 4 heteroatoms. The number of aliphatic imine (C=N–C) groups is 1. The standard InChI is InChI=1S/C7H5ClN2O/c8-7-6(4-9-5-11)2-1-3-10-7/h1-3H,4H2. The number of hydrogen-bond donors (Lipinski definition) is 0. The number of aromatic nitrogens is 1. The summed E-state index contributed by atoms with van der Waals surface area (Å²) < 4.78 is 0. The number of rotatable bonds is 2. The van der Waals surface area contributed by atoms with Crippen molar-refractivity contribution in [3.63, 3.8) is 0 Å². The lowest BCUT2D eigenvalue weighted by molar-refractivity contribution is 0.563. The smallest absolute Gasteiger partial charge is 0.235 e. The topological polar surface area (TPSA) is 42.3 Å². The molecule has 0 aliphatic carbocycles. The molecule has 1 rings (SSSR count). The van der Waals surface area contributed by atoms with Crippen molar-refractivity contribution in [2.45, 2.75) is 6.54 Å². The number of pyridine rings is 1. The van der Waals surface area contributed by atoms with Crippen LogP contribution in [0.4, 0.5) is 0 Å². The van der Waals surface area contributed by atoms with Crippen molar-refractivity contribution < 1.29 is 4.79 Å². The molecule has 56 valence electrons. The summed E-state index contributed by atoms with van der Waals surface area (Å²) in [4.78, 5) is 16.9. The summed E-state index contributed by atoms with van der Waals surface area (Å²) >= 11 is 5.66. The van der Waals surface area contributed by atoms with Gasteiger partial charge in [-0.15, -0.1) is 0 Å². The highest BCUT2D eigenvalue weighted by molar-refractivity contribution is 6.30. The molecule has 0 aliphatic rings. The molecule has 0 atom stereocenters. The van der Waals surface area contributed by atoms with Crippen molar-refractivity contribution in [1.82, 2.24) is 4.98 Å². The summed E-state index contributed by atoms with van der Waals surface area (Å²) in [5.41, 5.74) is 0.734. The van der Waals surface area contributed by atoms with Gasteiger partial charge in [0.2, 0.25) is 6.08 Å². The third-order valence-electron chi connectivity index (χ3n) is 1.15. The van der Waals surface area contributed by atoms with E-state index >= 15 is 0 Å². The zero-order chi connectivity index (χ0) is 8.10. The van der Waals surface area contributed by atoms with E-state index in [0.29, 0.717) is 5.15 Å². The van der Waals surface area contributed by atoms with E-state index < -0.39 is 0 Å². The van der Waals surface area contributed by atoms with E-state index in [4.69, 9.17) is 11.6 Å². The van der Waals surface area contributed by atoms with E-state index in [1.165, 1.54) is 6.08 Å². The highest BCUT2D eigenvalue weighted by atomic mass is 35.5. The molecule has 1 heterocycles. The van der Waals surface area contributed by atoms with Gasteiger partial charge in [-0.25, -0.2) is 14.8 Å². The maximum absolute atomic E-state index is 9.73. The van der Waals surface area contributed by atoms with Crippen molar-refractivity contribution in [1.29, 1.82) is 0 Å². The SMILES string of the molecule is O=C=NCc1cccnc1Cl. The van der Waals surface area contributed by atoms with E-state index in [1.54, 1.807) is 18.3 Å².